The lowest BCUT2D eigenvalue weighted by Crippen LogP contribution is -2.42. The van der Waals surface area contributed by atoms with E-state index in [0.29, 0.717) is 22.8 Å². The number of piperidine rings is 1. The number of rotatable bonds is 4. The summed E-state index contributed by atoms with van der Waals surface area (Å²) in [4.78, 5) is 14.6. The molecule has 1 aromatic carbocycles. The largest absolute Gasteiger partial charge is 0.493 e. The molecular weight excluding hydrogens is 270 g/mol. The molecule has 0 saturated carbocycles. The topological polar surface area (TPSA) is 48.0 Å². The first-order valence-electron chi connectivity index (χ1n) is 7.23. The van der Waals surface area contributed by atoms with Gasteiger partial charge in [-0.05, 0) is 38.3 Å². The fourth-order valence-corrected chi connectivity index (χ4v) is 2.77. The van der Waals surface area contributed by atoms with E-state index in [2.05, 4.69) is 6.92 Å². The van der Waals surface area contributed by atoms with Gasteiger partial charge in [-0.15, -0.1) is 0 Å². The molecule has 1 amide bonds. The third-order valence-electron chi connectivity index (χ3n) is 3.98. The van der Waals surface area contributed by atoms with Crippen LogP contribution in [0.25, 0.3) is 0 Å². The minimum absolute atomic E-state index is 0.0152. The molecule has 116 valence electrons. The van der Waals surface area contributed by atoms with Gasteiger partial charge in [0.25, 0.3) is 5.91 Å². The molecule has 1 unspecified atom stereocenters. The number of hydrogen-bond donors (Lipinski definition) is 0. The lowest BCUT2D eigenvalue weighted by atomic mass is 10.0. The maximum Gasteiger partial charge on any atom is 0.254 e. The van der Waals surface area contributed by atoms with Gasteiger partial charge in [0.1, 0.15) is 0 Å². The van der Waals surface area contributed by atoms with Crippen molar-refractivity contribution in [1.82, 2.24) is 4.90 Å². The second-order valence-corrected chi connectivity index (χ2v) is 5.26. The van der Waals surface area contributed by atoms with Crippen molar-refractivity contribution in [3.8, 4) is 17.2 Å². The lowest BCUT2D eigenvalue weighted by molar-refractivity contribution is 0.0635. The van der Waals surface area contributed by atoms with Gasteiger partial charge in [-0.2, -0.15) is 0 Å². The van der Waals surface area contributed by atoms with Crippen LogP contribution in [0.5, 0.6) is 17.2 Å². The molecule has 1 aliphatic rings. The predicted octanol–water partition coefficient (Wildman–Crippen LogP) is 2.73. The van der Waals surface area contributed by atoms with Crippen molar-refractivity contribution < 1.29 is 19.0 Å². The number of benzene rings is 1. The maximum atomic E-state index is 12.7. The minimum Gasteiger partial charge on any atom is -0.493 e. The van der Waals surface area contributed by atoms with E-state index >= 15 is 0 Å². The highest BCUT2D eigenvalue weighted by Gasteiger charge is 2.26. The zero-order chi connectivity index (χ0) is 15.4. The summed E-state index contributed by atoms with van der Waals surface area (Å²) in [5.74, 6) is 1.53. The van der Waals surface area contributed by atoms with Gasteiger partial charge in [-0.3, -0.25) is 4.79 Å². The average Bonchev–Trinajstić information content (AvgIpc) is 2.53. The van der Waals surface area contributed by atoms with Crippen molar-refractivity contribution in [3.05, 3.63) is 17.7 Å². The summed E-state index contributed by atoms with van der Waals surface area (Å²) in [6.07, 6.45) is 3.29. The molecule has 1 atom stereocenters. The Morgan fingerprint density at radius 3 is 2.19 bits per heavy atom. The number of methoxy groups -OCH3 is 3. The Morgan fingerprint density at radius 1 is 1.10 bits per heavy atom. The van der Waals surface area contributed by atoms with E-state index in [4.69, 9.17) is 14.2 Å². The number of likely N-dealkylation sites (tertiary alicyclic amines) is 1. The molecule has 1 heterocycles. The fourth-order valence-electron chi connectivity index (χ4n) is 2.77. The molecule has 5 heteroatoms. The van der Waals surface area contributed by atoms with E-state index in [0.717, 1.165) is 19.4 Å². The van der Waals surface area contributed by atoms with Crippen LogP contribution in [0.2, 0.25) is 0 Å². The van der Waals surface area contributed by atoms with Crippen molar-refractivity contribution in [3.63, 3.8) is 0 Å². The number of ether oxygens (including phenoxy) is 3. The van der Waals surface area contributed by atoms with Crippen LogP contribution < -0.4 is 14.2 Å². The SMILES string of the molecule is COc1cc(C(=O)N2CCCCC2C)cc(OC)c1OC. The molecular formula is C16H23NO4. The summed E-state index contributed by atoms with van der Waals surface area (Å²) >= 11 is 0. The van der Waals surface area contributed by atoms with Gasteiger partial charge < -0.3 is 19.1 Å². The summed E-state index contributed by atoms with van der Waals surface area (Å²) in [6, 6.07) is 3.70. The van der Waals surface area contributed by atoms with Crippen molar-refractivity contribution in [1.29, 1.82) is 0 Å². The first-order valence-corrected chi connectivity index (χ1v) is 7.23. The van der Waals surface area contributed by atoms with Crippen LogP contribution in [0.15, 0.2) is 12.1 Å². The zero-order valence-corrected chi connectivity index (χ0v) is 13.1. The zero-order valence-electron chi connectivity index (χ0n) is 13.1. The molecule has 21 heavy (non-hydrogen) atoms. The van der Waals surface area contributed by atoms with Gasteiger partial charge in [0.15, 0.2) is 11.5 Å². The van der Waals surface area contributed by atoms with Crippen molar-refractivity contribution in [2.75, 3.05) is 27.9 Å². The van der Waals surface area contributed by atoms with Gasteiger partial charge in [0.05, 0.1) is 21.3 Å². The molecule has 0 spiro atoms. The van der Waals surface area contributed by atoms with Crippen LogP contribution in [-0.4, -0.2) is 44.7 Å². The highest BCUT2D eigenvalue weighted by Crippen LogP contribution is 2.38. The summed E-state index contributed by atoms with van der Waals surface area (Å²) in [7, 11) is 4.65. The van der Waals surface area contributed by atoms with Crippen LogP contribution in [-0.2, 0) is 0 Å². The van der Waals surface area contributed by atoms with E-state index in [1.165, 1.54) is 6.42 Å². The Labute approximate surface area is 125 Å². The number of nitrogens with zero attached hydrogens (tertiary/aromatic N) is 1. The second-order valence-electron chi connectivity index (χ2n) is 5.26. The van der Waals surface area contributed by atoms with Crippen LogP contribution in [0.1, 0.15) is 36.5 Å². The predicted molar refractivity (Wildman–Crippen MR) is 80.4 cm³/mol. The normalized spacial score (nSPS) is 18.3. The number of amides is 1. The van der Waals surface area contributed by atoms with Gasteiger partial charge in [0.2, 0.25) is 5.75 Å². The molecule has 1 aliphatic heterocycles. The van der Waals surface area contributed by atoms with E-state index in [1.807, 2.05) is 4.90 Å². The molecule has 0 N–H and O–H groups in total. The molecule has 0 bridgehead atoms. The van der Waals surface area contributed by atoms with Gasteiger partial charge in [0, 0.05) is 18.2 Å². The first-order chi connectivity index (χ1) is 10.1. The van der Waals surface area contributed by atoms with Crippen LogP contribution in [0, 0.1) is 0 Å². The molecule has 0 aliphatic carbocycles. The third kappa shape index (κ3) is 3.06. The van der Waals surface area contributed by atoms with E-state index in [-0.39, 0.29) is 11.9 Å². The van der Waals surface area contributed by atoms with E-state index in [1.54, 1.807) is 33.5 Å². The van der Waals surface area contributed by atoms with E-state index in [9.17, 15) is 4.79 Å². The number of carbonyl (C=O) groups is 1. The van der Waals surface area contributed by atoms with Crippen molar-refractivity contribution in [2.24, 2.45) is 0 Å². The second kappa shape index (κ2) is 6.70. The quantitative estimate of drug-likeness (QED) is 0.856. The molecule has 0 radical (unpaired) electrons. The Morgan fingerprint density at radius 2 is 1.71 bits per heavy atom. The van der Waals surface area contributed by atoms with Gasteiger partial charge in [-0.25, -0.2) is 0 Å². The molecule has 1 saturated heterocycles. The summed E-state index contributed by atoms with van der Waals surface area (Å²) in [5.41, 5.74) is 0.568. The molecule has 5 nitrogen and oxygen atoms in total. The van der Waals surface area contributed by atoms with Gasteiger partial charge >= 0.3 is 0 Å². The monoisotopic (exact) mass is 293 g/mol. The highest BCUT2D eigenvalue weighted by atomic mass is 16.5. The lowest BCUT2D eigenvalue weighted by Gasteiger charge is -2.33. The van der Waals surface area contributed by atoms with Crippen LogP contribution in [0.3, 0.4) is 0 Å². The summed E-state index contributed by atoms with van der Waals surface area (Å²) < 4.78 is 15.9. The van der Waals surface area contributed by atoms with Crippen LogP contribution in [0.4, 0.5) is 0 Å². The fraction of sp³-hybridized carbons (Fsp3) is 0.562. The first kappa shape index (κ1) is 15.5. The Kier molecular flexibility index (Phi) is 4.94. The average molecular weight is 293 g/mol. The summed E-state index contributed by atoms with van der Waals surface area (Å²) in [5, 5.41) is 0. The molecule has 0 aromatic heterocycles. The molecule has 1 aromatic rings. The Bertz CT molecular complexity index is 490. The smallest absolute Gasteiger partial charge is 0.254 e. The number of carbonyl (C=O) groups excluding carboxylic acids is 1. The van der Waals surface area contributed by atoms with Crippen LogP contribution >= 0.6 is 0 Å². The van der Waals surface area contributed by atoms with Crippen molar-refractivity contribution >= 4 is 5.91 Å². The third-order valence-corrected chi connectivity index (χ3v) is 3.98. The minimum atomic E-state index is 0.0152. The van der Waals surface area contributed by atoms with Crippen molar-refractivity contribution in [2.45, 2.75) is 32.2 Å². The molecule has 2 rings (SSSR count). The Balaban J connectivity index is 2.36. The van der Waals surface area contributed by atoms with E-state index < -0.39 is 0 Å². The molecule has 1 fully saturated rings. The number of hydrogen-bond acceptors (Lipinski definition) is 4. The van der Waals surface area contributed by atoms with Gasteiger partial charge in [-0.1, -0.05) is 0 Å². The highest BCUT2D eigenvalue weighted by molar-refractivity contribution is 5.96. The standard InChI is InChI=1S/C16H23NO4/c1-11-7-5-6-8-17(11)16(18)12-9-13(19-2)15(21-4)14(10-12)20-3/h9-11H,5-8H2,1-4H3. The Hall–Kier alpha value is -1.91. The maximum absolute atomic E-state index is 12.7. The summed E-state index contributed by atoms with van der Waals surface area (Å²) in [6.45, 7) is 2.89.